The normalized spacial score (nSPS) is 16.5. The number of benzene rings is 2. The number of thiazole rings is 1. The summed E-state index contributed by atoms with van der Waals surface area (Å²) in [5.41, 5.74) is 1.81. The zero-order valence-electron chi connectivity index (χ0n) is 23.0. The molecule has 0 saturated carbocycles. The molecule has 1 fully saturated rings. The number of hydrogen-bond donors (Lipinski definition) is 4. The van der Waals surface area contributed by atoms with Crippen molar-refractivity contribution in [2.45, 2.75) is 45.2 Å². The van der Waals surface area contributed by atoms with Crippen molar-refractivity contribution in [3.63, 3.8) is 0 Å². The number of ether oxygens (including phenoxy) is 1. The van der Waals surface area contributed by atoms with E-state index in [0.29, 0.717) is 41.7 Å². The van der Waals surface area contributed by atoms with Crippen LogP contribution in [0, 0.1) is 11.8 Å². The number of carbonyl (C=O) groups is 4. The van der Waals surface area contributed by atoms with Gasteiger partial charge in [0.2, 0.25) is 17.6 Å². The smallest absolute Gasteiger partial charge is 0.287 e. The van der Waals surface area contributed by atoms with Crippen molar-refractivity contribution in [2.75, 3.05) is 13.7 Å². The van der Waals surface area contributed by atoms with E-state index in [9.17, 15) is 19.2 Å². The number of para-hydroxylation sites is 2. The number of nitrogens with zero attached hydrogens (tertiary/aromatic N) is 2. The first-order valence-electron chi connectivity index (χ1n) is 13.5. The molecule has 0 radical (unpaired) electrons. The Morgan fingerprint density at radius 3 is 2.59 bits per heavy atom. The second kappa shape index (κ2) is 12.0. The SMILES string of the molecule is COc1cccc2[nH]c(C(=O)N[C@@H](CC(C)C)C(=O)N[C@@H](CC3CCNC3=O)C(=O)c3nc4ccccc4s3)nc12. The van der Waals surface area contributed by atoms with Crippen molar-refractivity contribution < 1.29 is 23.9 Å². The number of ketones is 1. The molecule has 4 N–H and O–H groups in total. The summed E-state index contributed by atoms with van der Waals surface area (Å²) in [6.45, 7) is 4.39. The first-order valence-corrected chi connectivity index (χ1v) is 14.4. The molecular weight excluding hydrogens is 544 g/mol. The van der Waals surface area contributed by atoms with Gasteiger partial charge in [0.1, 0.15) is 17.3 Å². The van der Waals surface area contributed by atoms with Gasteiger partial charge in [-0.15, -0.1) is 11.3 Å². The molecule has 2 aromatic carbocycles. The van der Waals surface area contributed by atoms with Crippen LogP contribution in [0.15, 0.2) is 42.5 Å². The summed E-state index contributed by atoms with van der Waals surface area (Å²) in [7, 11) is 1.52. The number of Topliss-reactive ketones (excluding diaryl/α,β-unsaturated/α-hetero) is 1. The number of carbonyl (C=O) groups excluding carboxylic acids is 4. The number of rotatable bonds is 11. The molecule has 2 aromatic heterocycles. The molecule has 12 heteroatoms. The predicted octanol–water partition coefficient (Wildman–Crippen LogP) is 3.22. The predicted molar refractivity (Wildman–Crippen MR) is 155 cm³/mol. The second-order valence-corrected chi connectivity index (χ2v) is 11.6. The first-order chi connectivity index (χ1) is 19.7. The van der Waals surface area contributed by atoms with E-state index in [4.69, 9.17) is 4.74 Å². The van der Waals surface area contributed by atoms with Gasteiger partial charge in [-0.2, -0.15) is 0 Å². The molecule has 41 heavy (non-hydrogen) atoms. The maximum Gasteiger partial charge on any atom is 0.287 e. The molecule has 1 aliphatic rings. The Bertz CT molecular complexity index is 1580. The van der Waals surface area contributed by atoms with Crippen molar-refractivity contribution in [2.24, 2.45) is 11.8 Å². The number of aromatic nitrogens is 3. The van der Waals surface area contributed by atoms with Crippen molar-refractivity contribution in [1.29, 1.82) is 0 Å². The van der Waals surface area contributed by atoms with Gasteiger partial charge >= 0.3 is 0 Å². The van der Waals surface area contributed by atoms with Crippen LogP contribution in [0.25, 0.3) is 21.3 Å². The molecule has 5 rings (SSSR count). The average Bonchev–Trinajstić information content (AvgIpc) is 3.69. The van der Waals surface area contributed by atoms with E-state index in [1.54, 1.807) is 18.2 Å². The van der Waals surface area contributed by atoms with Gasteiger partial charge in [0.25, 0.3) is 5.91 Å². The third-order valence-corrected chi connectivity index (χ3v) is 8.11. The maximum atomic E-state index is 13.7. The minimum absolute atomic E-state index is 0.0378. The monoisotopic (exact) mass is 576 g/mol. The van der Waals surface area contributed by atoms with E-state index in [1.165, 1.54) is 18.4 Å². The van der Waals surface area contributed by atoms with Gasteiger partial charge in [-0.25, -0.2) is 9.97 Å². The van der Waals surface area contributed by atoms with Crippen molar-refractivity contribution in [3.8, 4) is 5.75 Å². The molecule has 3 amide bonds. The highest BCUT2D eigenvalue weighted by Crippen LogP contribution is 2.26. The zero-order valence-corrected chi connectivity index (χ0v) is 23.8. The topological polar surface area (TPSA) is 155 Å². The number of imidazole rings is 1. The number of methoxy groups -OCH3 is 1. The van der Waals surface area contributed by atoms with Gasteiger partial charge < -0.3 is 25.7 Å². The Labute approximate surface area is 240 Å². The fourth-order valence-corrected chi connectivity index (χ4v) is 5.95. The standard InChI is InChI=1S/C29H32N6O5S/c1-15(2)13-20(33-28(39)25-31-18-8-6-9-21(40-3)23(18)35-25)27(38)32-19(14-16-11-12-30-26(16)37)24(36)29-34-17-7-4-5-10-22(17)41-29/h4-10,15-16,19-20H,11-14H2,1-3H3,(H,30,37)(H,31,35)(H,32,38)(H,33,39)/t16?,19-,20-/m0/s1. The quantitative estimate of drug-likeness (QED) is 0.200. The van der Waals surface area contributed by atoms with Gasteiger partial charge in [-0.05, 0) is 49.4 Å². The molecular formula is C29H32N6O5S. The number of aromatic amines is 1. The van der Waals surface area contributed by atoms with Crippen LogP contribution in [0.1, 0.15) is 53.5 Å². The lowest BCUT2D eigenvalue weighted by Gasteiger charge is -2.24. The molecule has 0 bridgehead atoms. The fourth-order valence-electron chi connectivity index (χ4n) is 4.99. The van der Waals surface area contributed by atoms with Gasteiger partial charge in [0.15, 0.2) is 10.8 Å². The van der Waals surface area contributed by atoms with Crippen LogP contribution in [0.2, 0.25) is 0 Å². The highest BCUT2D eigenvalue weighted by atomic mass is 32.1. The Kier molecular flexibility index (Phi) is 8.29. The minimum atomic E-state index is -0.987. The van der Waals surface area contributed by atoms with Gasteiger partial charge in [-0.3, -0.25) is 19.2 Å². The van der Waals surface area contributed by atoms with E-state index in [1.807, 2.05) is 38.1 Å². The van der Waals surface area contributed by atoms with Gasteiger partial charge in [-0.1, -0.05) is 32.0 Å². The van der Waals surface area contributed by atoms with Crippen LogP contribution in [0.5, 0.6) is 5.75 Å². The molecule has 1 unspecified atom stereocenters. The maximum absolute atomic E-state index is 13.7. The summed E-state index contributed by atoms with van der Waals surface area (Å²) >= 11 is 1.25. The van der Waals surface area contributed by atoms with Crippen molar-refractivity contribution >= 4 is 56.1 Å². The van der Waals surface area contributed by atoms with Crippen LogP contribution < -0.4 is 20.7 Å². The third kappa shape index (κ3) is 6.22. The summed E-state index contributed by atoms with van der Waals surface area (Å²) in [6.07, 6.45) is 1.03. The number of nitrogens with one attached hydrogen (secondary N) is 4. The van der Waals surface area contributed by atoms with E-state index in [0.717, 1.165) is 4.70 Å². The summed E-state index contributed by atoms with van der Waals surface area (Å²) < 4.78 is 6.19. The molecule has 1 saturated heterocycles. The number of amides is 3. The first kappa shape index (κ1) is 28.2. The third-order valence-electron chi connectivity index (χ3n) is 7.06. The Morgan fingerprint density at radius 1 is 1.07 bits per heavy atom. The Balaban J connectivity index is 1.38. The summed E-state index contributed by atoms with van der Waals surface area (Å²) in [6, 6.07) is 10.8. The Morgan fingerprint density at radius 2 is 1.88 bits per heavy atom. The molecule has 3 heterocycles. The number of fused-ring (bicyclic) bond motifs is 2. The number of H-pyrrole nitrogens is 1. The summed E-state index contributed by atoms with van der Waals surface area (Å²) in [5.74, 6) is -1.39. The van der Waals surface area contributed by atoms with Crippen LogP contribution in [0.4, 0.5) is 0 Å². The molecule has 0 aliphatic carbocycles. The van der Waals surface area contributed by atoms with Crippen LogP contribution >= 0.6 is 11.3 Å². The molecule has 1 aliphatic heterocycles. The van der Waals surface area contributed by atoms with E-state index >= 15 is 0 Å². The molecule has 11 nitrogen and oxygen atoms in total. The molecule has 214 valence electrons. The molecule has 3 atom stereocenters. The fraction of sp³-hybridized carbons (Fsp3) is 0.379. The van der Waals surface area contributed by atoms with Gasteiger partial charge in [0, 0.05) is 12.5 Å². The average molecular weight is 577 g/mol. The molecule has 4 aromatic rings. The van der Waals surface area contributed by atoms with E-state index in [-0.39, 0.29) is 34.9 Å². The lowest BCUT2D eigenvalue weighted by Crippen LogP contribution is -2.52. The summed E-state index contributed by atoms with van der Waals surface area (Å²) in [5, 5.41) is 8.68. The lowest BCUT2D eigenvalue weighted by molar-refractivity contribution is -0.125. The lowest BCUT2D eigenvalue weighted by atomic mass is 9.95. The highest BCUT2D eigenvalue weighted by molar-refractivity contribution is 7.20. The van der Waals surface area contributed by atoms with Crippen molar-refractivity contribution in [1.82, 2.24) is 30.9 Å². The highest BCUT2D eigenvalue weighted by Gasteiger charge is 2.35. The second-order valence-electron chi connectivity index (χ2n) is 10.5. The van der Waals surface area contributed by atoms with Crippen LogP contribution in [-0.2, 0) is 9.59 Å². The Hall–Kier alpha value is -4.32. The van der Waals surface area contributed by atoms with E-state index in [2.05, 4.69) is 30.9 Å². The minimum Gasteiger partial charge on any atom is -0.494 e. The molecule has 0 spiro atoms. The zero-order chi connectivity index (χ0) is 29.1. The largest absolute Gasteiger partial charge is 0.494 e. The number of hydrogen-bond acceptors (Lipinski definition) is 8. The van der Waals surface area contributed by atoms with E-state index < -0.39 is 29.8 Å². The van der Waals surface area contributed by atoms with Crippen LogP contribution in [0.3, 0.4) is 0 Å². The van der Waals surface area contributed by atoms with Crippen LogP contribution in [-0.4, -0.2) is 64.2 Å². The summed E-state index contributed by atoms with van der Waals surface area (Å²) in [4.78, 5) is 64.7. The van der Waals surface area contributed by atoms with Crippen molar-refractivity contribution in [3.05, 3.63) is 53.3 Å². The van der Waals surface area contributed by atoms with Gasteiger partial charge in [0.05, 0.1) is 28.9 Å².